The molecule has 0 bridgehead atoms. The van der Waals surface area contributed by atoms with E-state index in [9.17, 15) is 14.7 Å². The van der Waals surface area contributed by atoms with E-state index in [2.05, 4.69) is 27.1 Å². The van der Waals surface area contributed by atoms with Crippen molar-refractivity contribution in [3.63, 3.8) is 0 Å². The number of hydrogen-bond acceptors (Lipinski definition) is 4. The van der Waals surface area contributed by atoms with Crippen LogP contribution in [0.2, 0.25) is 5.02 Å². The minimum absolute atomic E-state index is 0.306. The molecular formula is C23H23ClN4O3. The zero-order valence-corrected chi connectivity index (χ0v) is 17.7. The Kier molecular flexibility index (Phi) is 6.34. The normalized spacial score (nSPS) is 14.8. The van der Waals surface area contributed by atoms with E-state index < -0.39 is 5.97 Å². The second kappa shape index (κ2) is 9.32. The number of H-pyrrole nitrogens is 1. The molecule has 1 aromatic heterocycles. The molecule has 0 radical (unpaired) electrons. The van der Waals surface area contributed by atoms with E-state index in [-0.39, 0.29) is 12.0 Å². The second-order valence-corrected chi connectivity index (χ2v) is 7.91. The maximum absolute atomic E-state index is 13.4. The number of carboxylic acid groups (broad SMARTS) is 1. The molecule has 8 heteroatoms. The molecule has 1 aliphatic heterocycles. The lowest BCUT2D eigenvalue weighted by atomic mass is 10.1. The van der Waals surface area contributed by atoms with Gasteiger partial charge in [-0.05, 0) is 24.1 Å². The molecule has 0 fully saturated rings. The van der Waals surface area contributed by atoms with Crippen LogP contribution >= 0.6 is 11.6 Å². The van der Waals surface area contributed by atoms with Gasteiger partial charge in [0, 0.05) is 26.2 Å². The summed E-state index contributed by atoms with van der Waals surface area (Å²) in [5.41, 5.74) is 2.57. The third-order valence-corrected chi connectivity index (χ3v) is 5.55. The molecule has 0 atom stereocenters. The van der Waals surface area contributed by atoms with Crippen molar-refractivity contribution < 1.29 is 9.90 Å². The third-order valence-electron chi connectivity index (χ3n) is 5.23. The van der Waals surface area contributed by atoms with E-state index in [0.717, 1.165) is 19.5 Å². The van der Waals surface area contributed by atoms with Gasteiger partial charge in [-0.2, -0.15) is 0 Å². The largest absolute Gasteiger partial charge is 0.481 e. The van der Waals surface area contributed by atoms with Crippen molar-refractivity contribution in [1.29, 1.82) is 0 Å². The summed E-state index contributed by atoms with van der Waals surface area (Å²) in [6.45, 7) is 2.64. The first kappa shape index (κ1) is 21.1. The van der Waals surface area contributed by atoms with Crippen molar-refractivity contribution in [3.05, 3.63) is 86.8 Å². The number of para-hydroxylation sites is 1. The number of aromatic nitrogens is 2. The van der Waals surface area contributed by atoms with E-state index in [0.29, 0.717) is 40.8 Å². The summed E-state index contributed by atoms with van der Waals surface area (Å²) in [4.78, 5) is 31.8. The fourth-order valence-corrected chi connectivity index (χ4v) is 4.07. The fraction of sp³-hybridized carbons (Fsp3) is 0.261. The summed E-state index contributed by atoms with van der Waals surface area (Å²) in [6.07, 6.45) is 0.563. The molecule has 0 saturated carbocycles. The summed E-state index contributed by atoms with van der Waals surface area (Å²) in [7, 11) is 0. The summed E-state index contributed by atoms with van der Waals surface area (Å²) >= 11 is 6.29. The Morgan fingerprint density at radius 1 is 1.13 bits per heavy atom. The van der Waals surface area contributed by atoms with Gasteiger partial charge < -0.3 is 5.11 Å². The SMILES string of the molecule is O=C(O)Cc1[nH]n(-c2ccccc2Cl)c(=O)c1C1=NCCCN(Cc2ccccc2)C1. The number of benzene rings is 2. The van der Waals surface area contributed by atoms with Gasteiger partial charge in [0.2, 0.25) is 0 Å². The number of aliphatic carboxylic acids is 1. The highest BCUT2D eigenvalue weighted by atomic mass is 35.5. The number of nitrogens with zero attached hydrogens (tertiary/aromatic N) is 3. The molecular weight excluding hydrogens is 416 g/mol. The standard InChI is InChI=1S/C23H23ClN4O3/c24-17-9-4-5-10-20(17)28-23(31)22(18(26-28)13-21(29)30)19-15-27(12-6-11-25-19)14-16-7-2-1-3-8-16/h1-5,7-10,26H,6,11-15H2,(H,29,30). The molecule has 2 N–H and O–H groups in total. The monoisotopic (exact) mass is 438 g/mol. The quantitative estimate of drug-likeness (QED) is 0.618. The molecule has 0 aliphatic carbocycles. The van der Waals surface area contributed by atoms with Crippen LogP contribution in [0.25, 0.3) is 5.69 Å². The van der Waals surface area contributed by atoms with E-state index in [1.807, 2.05) is 18.2 Å². The molecule has 0 saturated heterocycles. The van der Waals surface area contributed by atoms with E-state index in [4.69, 9.17) is 11.6 Å². The van der Waals surface area contributed by atoms with Crippen LogP contribution in [0.15, 0.2) is 64.4 Å². The number of carbonyl (C=O) groups is 1. The lowest BCUT2D eigenvalue weighted by Gasteiger charge is -2.20. The average Bonchev–Trinajstić information content (AvgIpc) is 2.91. The van der Waals surface area contributed by atoms with Crippen LogP contribution in [-0.4, -0.2) is 51.1 Å². The fourth-order valence-electron chi connectivity index (χ4n) is 3.85. The molecule has 0 spiro atoms. The topological polar surface area (TPSA) is 90.7 Å². The minimum atomic E-state index is -1.02. The van der Waals surface area contributed by atoms with Crippen LogP contribution in [0, 0.1) is 0 Å². The van der Waals surface area contributed by atoms with Gasteiger partial charge >= 0.3 is 5.97 Å². The lowest BCUT2D eigenvalue weighted by Crippen LogP contribution is -2.32. The van der Waals surface area contributed by atoms with Crippen LogP contribution < -0.4 is 5.56 Å². The predicted octanol–water partition coefficient (Wildman–Crippen LogP) is 3.14. The lowest BCUT2D eigenvalue weighted by molar-refractivity contribution is -0.136. The van der Waals surface area contributed by atoms with Crippen molar-refractivity contribution in [1.82, 2.24) is 14.7 Å². The first-order valence-corrected chi connectivity index (χ1v) is 10.5. The molecule has 0 unspecified atom stereocenters. The van der Waals surface area contributed by atoms with Gasteiger partial charge in [-0.3, -0.25) is 24.6 Å². The smallest absolute Gasteiger partial charge is 0.309 e. The average molecular weight is 439 g/mol. The van der Waals surface area contributed by atoms with Crippen molar-refractivity contribution in [2.24, 2.45) is 4.99 Å². The predicted molar refractivity (Wildman–Crippen MR) is 120 cm³/mol. The maximum atomic E-state index is 13.4. The number of nitrogens with one attached hydrogen (secondary N) is 1. The summed E-state index contributed by atoms with van der Waals surface area (Å²) in [5.74, 6) is -1.02. The van der Waals surface area contributed by atoms with Crippen molar-refractivity contribution in [2.75, 3.05) is 19.6 Å². The first-order valence-electron chi connectivity index (χ1n) is 10.1. The van der Waals surface area contributed by atoms with E-state index >= 15 is 0 Å². The highest BCUT2D eigenvalue weighted by Gasteiger charge is 2.25. The van der Waals surface area contributed by atoms with Gasteiger partial charge in [0.05, 0.1) is 34.1 Å². The number of aliphatic imine (C=N–C) groups is 1. The summed E-state index contributed by atoms with van der Waals surface area (Å²) in [5, 5.41) is 12.8. The molecule has 2 heterocycles. The van der Waals surface area contributed by atoms with Gasteiger partial charge in [0.15, 0.2) is 0 Å². The maximum Gasteiger partial charge on any atom is 0.309 e. The molecule has 160 valence electrons. The van der Waals surface area contributed by atoms with Crippen molar-refractivity contribution in [2.45, 2.75) is 19.4 Å². The molecule has 0 amide bonds. The van der Waals surface area contributed by atoms with Crippen LogP contribution in [0.4, 0.5) is 0 Å². The van der Waals surface area contributed by atoms with E-state index in [1.165, 1.54) is 10.2 Å². The van der Waals surface area contributed by atoms with Gasteiger partial charge in [-0.15, -0.1) is 0 Å². The Morgan fingerprint density at radius 3 is 2.61 bits per heavy atom. The van der Waals surface area contributed by atoms with Crippen LogP contribution in [-0.2, 0) is 17.8 Å². The Morgan fingerprint density at radius 2 is 1.87 bits per heavy atom. The Hall–Kier alpha value is -3.16. The number of rotatable bonds is 6. The molecule has 7 nitrogen and oxygen atoms in total. The Bertz CT molecular complexity index is 1170. The highest BCUT2D eigenvalue weighted by Crippen LogP contribution is 2.20. The second-order valence-electron chi connectivity index (χ2n) is 7.51. The van der Waals surface area contributed by atoms with Gasteiger partial charge in [-0.25, -0.2) is 4.68 Å². The molecule has 3 aromatic rings. The third kappa shape index (κ3) is 4.78. The zero-order chi connectivity index (χ0) is 21.8. The first-order chi connectivity index (χ1) is 15.0. The summed E-state index contributed by atoms with van der Waals surface area (Å²) in [6, 6.07) is 17.1. The van der Waals surface area contributed by atoms with Crippen LogP contribution in [0.1, 0.15) is 23.2 Å². The number of halogens is 1. The highest BCUT2D eigenvalue weighted by molar-refractivity contribution is 6.32. The minimum Gasteiger partial charge on any atom is -0.481 e. The van der Waals surface area contributed by atoms with Gasteiger partial charge in [-0.1, -0.05) is 54.1 Å². The molecule has 2 aromatic carbocycles. The molecule has 31 heavy (non-hydrogen) atoms. The zero-order valence-electron chi connectivity index (χ0n) is 16.9. The van der Waals surface area contributed by atoms with Gasteiger partial charge in [0.1, 0.15) is 0 Å². The Labute approximate surface area is 184 Å². The van der Waals surface area contributed by atoms with Crippen molar-refractivity contribution >= 4 is 23.3 Å². The number of carboxylic acids is 1. The molecule has 4 rings (SSSR count). The molecule has 1 aliphatic rings. The number of hydrogen-bond donors (Lipinski definition) is 2. The Balaban J connectivity index is 1.73. The van der Waals surface area contributed by atoms with Crippen molar-refractivity contribution in [3.8, 4) is 5.69 Å². The van der Waals surface area contributed by atoms with Crippen LogP contribution in [0.5, 0.6) is 0 Å². The van der Waals surface area contributed by atoms with Crippen LogP contribution in [0.3, 0.4) is 0 Å². The number of aromatic amines is 1. The van der Waals surface area contributed by atoms with E-state index in [1.54, 1.807) is 24.3 Å². The van der Waals surface area contributed by atoms with Gasteiger partial charge in [0.25, 0.3) is 5.56 Å². The summed E-state index contributed by atoms with van der Waals surface area (Å²) < 4.78 is 1.31.